The molecule has 8 heteroatoms. The zero-order valence-corrected chi connectivity index (χ0v) is 12.1. The monoisotopic (exact) mass is 310 g/mol. The van der Waals surface area contributed by atoms with Crippen LogP contribution >= 0.6 is 0 Å². The van der Waals surface area contributed by atoms with Gasteiger partial charge in [0, 0.05) is 30.6 Å². The molecular weight excluding hydrogens is 296 g/mol. The van der Waals surface area contributed by atoms with Crippen molar-refractivity contribution in [1.82, 2.24) is 4.57 Å². The Morgan fingerprint density at radius 3 is 2.86 bits per heavy atom. The molecule has 0 bridgehead atoms. The number of nitrogens with zero attached hydrogens (tertiary/aromatic N) is 1. The number of benzene rings is 1. The van der Waals surface area contributed by atoms with Crippen LogP contribution in [0.25, 0.3) is 11.1 Å². The maximum atomic E-state index is 11.7. The second-order valence-electron chi connectivity index (χ2n) is 4.44. The van der Waals surface area contributed by atoms with Gasteiger partial charge in [0.15, 0.2) is 15.4 Å². The molecular formula is C13H14N2O5S. The van der Waals surface area contributed by atoms with Crippen LogP contribution in [0.1, 0.15) is 6.42 Å². The van der Waals surface area contributed by atoms with Gasteiger partial charge < -0.3 is 9.73 Å². The fourth-order valence-corrected chi connectivity index (χ4v) is 2.39. The van der Waals surface area contributed by atoms with Crippen molar-refractivity contribution in [3.8, 4) is 0 Å². The van der Waals surface area contributed by atoms with Crippen molar-refractivity contribution in [2.24, 2.45) is 7.05 Å². The molecule has 2 aromatic rings. The Morgan fingerprint density at radius 1 is 1.48 bits per heavy atom. The third-order valence-electron chi connectivity index (χ3n) is 2.94. The molecule has 0 fully saturated rings. The molecule has 0 aliphatic carbocycles. The molecule has 1 aromatic carbocycles. The highest BCUT2D eigenvalue weighted by molar-refractivity contribution is 7.94. The summed E-state index contributed by atoms with van der Waals surface area (Å²) in [5, 5.41) is 3.37. The number of aromatic nitrogens is 1. The molecule has 1 aromatic heterocycles. The quantitative estimate of drug-likeness (QED) is 0.889. The summed E-state index contributed by atoms with van der Waals surface area (Å²) >= 11 is 0. The number of hydrogen-bond donors (Lipinski definition) is 1. The molecule has 112 valence electrons. The summed E-state index contributed by atoms with van der Waals surface area (Å²) in [4.78, 5) is 23.0. The van der Waals surface area contributed by atoms with Crippen LogP contribution in [0.5, 0.6) is 0 Å². The zero-order chi connectivity index (χ0) is 15.6. The number of carbonyl (C=O) groups is 1. The largest absolute Gasteiger partial charge is 0.419 e. The van der Waals surface area contributed by atoms with Gasteiger partial charge in [0.1, 0.15) is 0 Å². The van der Waals surface area contributed by atoms with Gasteiger partial charge in [-0.15, -0.1) is 0 Å². The minimum Gasteiger partial charge on any atom is -0.408 e. The van der Waals surface area contributed by atoms with Gasteiger partial charge in [-0.2, -0.15) is 0 Å². The van der Waals surface area contributed by atoms with E-state index in [1.165, 1.54) is 10.6 Å². The van der Waals surface area contributed by atoms with Crippen LogP contribution in [0.15, 0.2) is 39.4 Å². The Morgan fingerprint density at radius 2 is 2.19 bits per heavy atom. The fraction of sp³-hybridized carbons (Fsp3) is 0.231. The van der Waals surface area contributed by atoms with Crippen molar-refractivity contribution in [3.05, 3.63) is 40.7 Å². The van der Waals surface area contributed by atoms with Crippen LogP contribution in [-0.4, -0.2) is 24.6 Å². The maximum Gasteiger partial charge on any atom is 0.419 e. The Balaban J connectivity index is 2.11. The van der Waals surface area contributed by atoms with Crippen LogP contribution in [0.4, 0.5) is 5.69 Å². The highest BCUT2D eigenvalue weighted by atomic mass is 32.2. The minimum atomic E-state index is -3.40. The molecule has 0 aliphatic heterocycles. The van der Waals surface area contributed by atoms with E-state index in [1.54, 1.807) is 19.2 Å². The average Bonchev–Trinajstić information content (AvgIpc) is 2.72. The fourth-order valence-electron chi connectivity index (χ4n) is 1.75. The van der Waals surface area contributed by atoms with E-state index in [-0.39, 0.29) is 12.2 Å². The molecule has 7 nitrogen and oxygen atoms in total. The molecule has 0 aliphatic rings. The first kappa shape index (κ1) is 15.0. The molecule has 0 spiro atoms. The lowest BCUT2D eigenvalue weighted by atomic mass is 10.2. The summed E-state index contributed by atoms with van der Waals surface area (Å²) in [7, 11) is -1.83. The molecule has 0 saturated heterocycles. The smallest absolute Gasteiger partial charge is 0.408 e. The second kappa shape index (κ2) is 5.57. The van der Waals surface area contributed by atoms with Crippen LogP contribution in [0, 0.1) is 0 Å². The Bertz CT molecular complexity index is 860. The predicted molar refractivity (Wildman–Crippen MR) is 78.7 cm³/mol. The van der Waals surface area contributed by atoms with E-state index in [9.17, 15) is 18.0 Å². The average molecular weight is 310 g/mol. The van der Waals surface area contributed by atoms with Crippen molar-refractivity contribution in [2.45, 2.75) is 6.42 Å². The molecule has 0 saturated carbocycles. The van der Waals surface area contributed by atoms with Gasteiger partial charge in [0.25, 0.3) is 0 Å². The van der Waals surface area contributed by atoms with E-state index >= 15 is 0 Å². The van der Waals surface area contributed by atoms with E-state index in [0.717, 1.165) is 5.41 Å². The SMILES string of the molecule is C=CS(=O)(=O)CCC(=O)Nc1ccc2c(c1)oc(=O)n2C. The summed E-state index contributed by atoms with van der Waals surface area (Å²) in [5.74, 6) is -1.24. The van der Waals surface area contributed by atoms with Gasteiger partial charge >= 0.3 is 5.76 Å². The van der Waals surface area contributed by atoms with Crippen LogP contribution in [-0.2, 0) is 21.7 Å². The van der Waals surface area contributed by atoms with Crippen molar-refractivity contribution >= 4 is 32.5 Å². The lowest BCUT2D eigenvalue weighted by Gasteiger charge is -2.04. The number of aryl methyl sites for hydroxylation is 1. The standard InChI is InChI=1S/C13H14N2O5S/c1-3-21(18,19)7-6-12(16)14-9-4-5-10-11(8-9)20-13(17)15(10)2/h3-5,8H,1,6-7H2,2H3,(H,14,16). The predicted octanol–water partition coefficient (Wildman–Crippen LogP) is 1.02. The first-order valence-electron chi connectivity index (χ1n) is 6.07. The number of fused-ring (bicyclic) bond motifs is 1. The van der Waals surface area contributed by atoms with Crippen molar-refractivity contribution < 1.29 is 17.6 Å². The lowest BCUT2D eigenvalue weighted by molar-refractivity contribution is -0.115. The highest BCUT2D eigenvalue weighted by Crippen LogP contribution is 2.18. The van der Waals surface area contributed by atoms with E-state index in [4.69, 9.17) is 4.42 Å². The number of anilines is 1. The van der Waals surface area contributed by atoms with Crippen LogP contribution < -0.4 is 11.1 Å². The number of hydrogen-bond acceptors (Lipinski definition) is 5. The number of carbonyl (C=O) groups excluding carboxylic acids is 1. The van der Waals surface area contributed by atoms with Crippen molar-refractivity contribution in [1.29, 1.82) is 0 Å². The Kier molecular flexibility index (Phi) is 3.99. The molecule has 1 heterocycles. The summed E-state index contributed by atoms with van der Waals surface area (Å²) in [5.41, 5.74) is 1.38. The number of amides is 1. The summed E-state index contributed by atoms with van der Waals surface area (Å²) in [6.45, 7) is 3.18. The highest BCUT2D eigenvalue weighted by Gasteiger charge is 2.11. The number of rotatable bonds is 5. The van der Waals surface area contributed by atoms with Crippen molar-refractivity contribution in [3.63, 3.8) is 0 Å². The minimum absolute atomic E-state index is 0.175. The number of oxazole rings is 1. The van der Waals surface area contributed by atoms with E-state index in [1.807, 2.05) is 0 Å². The van der Waals surface area contributed by atoms with Gasteiger partial charge in [0.05, 0.1) is 11.3 Å². The summed E-state index contributed by atoms with van der Waals surface area (Å²) in [6, 6.07) is 4.75. The lowest BCUT2D eigenvalue weighted by Crippen LogP contribution is -2.16. The van der Waals surface area contributed by atoms with E-state index < -0.39 is 21.5 Å². The molecule has 0 unspecified atom stereocenters. The van der Waals surface area contributed by atoms with Gasteiger partial charge in [-0.3, -0.25) is 9.36 Å². The van der Waals surface area contributed by atoms with Crippen LogP contribution in [0.2, 0.25) is 0 Å². The van der Waals surface area contributed by atoms with Crippen molar-refractivity contribution in [2.75, 3.05) is 11.1 Å². The molecule has 0 atom stereocenters. The third-order valence-corrected chi connectivity index (χ3v) is 4.22. The molecule has 2 rings (SSSR count). The molecule has 1 amide bonds. The van der Waals surface area contributed by atoms with Gasteiger partial charge in [0.2, 0.25) is 5.91 Å². The summed E-state index contributed by atoms with van der Waals surface area (Å²) < 4.78 is 28.8. The zero-order valence-electron chi connectivity index (χ0n) is 11.3. The van der Waals surface area contributed by atoms with Gasteiger partial charge in [-0.05, 0) is 12.1 Å². The molecule has 0 radical (unpaired) electrons. The summed E-state index contributed by atoms with van der Waals surface area (Å²) in [6.07, 6.45) is -0.175. The maximum absolute atomic E-state index is 11.7. The number of sulfone groups is 1. The Labute approximate surface area is 120 Å². The Hall–Kier alpha value is -2.35. The topological polar surface area (TPSA) is 98.4 Å². The first-order valence-corrected chi connectivity index (χ1v) is 7.78. The van der Waals surface area contributed by atoms with Gasteiger partial charge in [-0.25, -0.2) is 13.2 Å². The molecule has 21 heavy (non-hydrogen) atoms. The first-order chi connectivity index (χ1) is 9.82. The second-order valence-corrected chi connectivity index (χ2v) is 6.51. The van der Waals surface area contributed by atoms with E-state index in [2.05, 4.69) is 11.9 Å². The van der Waals surface area contributed by atoms with Gasteiger partial charge in [-0.1, -0.05) is 6.58 Å². The van der Waals surface area contributed by atoms with E-state index in [0.29, 0.717) is 16.8 Å². The molecule has 1 N–H and O–H groups in total. The normalized spacial score (nSPS) is 11.5. The number of nitrogens with one attached hydrogen (secondary N) is 1. The third kappa shape index (κ3) is 3.40. The van der Waals surface area contributed by atoms with Crippen LogP contribution in [0.3, 0.4) is 0 Å².